The van der Waals surface area contributed by atoms with Gasteiger partial charge in [-0.25, -0.2) is 0 Å². The molecule has 2 rings (SSSR count). The number of hydrogen-bond donors (Lipinski definition) is 2. The molecule has 0 unspecified atom stereocenters. The molecule has 0 spiro atoms. The van der Waals surface area contributed by atoms with Crippen LogP contribution in [0.15, 0.2) is 53.4 Å². The summed E-state index contributed by atoms with van der Waals surface area (Å²) in [5.74, 6) is 0.222. The van der Waals surface area contributed by atoms with Crippen molar-refractivity contribution in [1.82, 2.24) is 5.32 Å². The lowest BCUT2D eigenvalue weighted by atomic mass is 10.1. The molecule has 0 bridgehead atoms. The van der Waals surface area contributed by atoms with Crippen LogP contribution in [0.2, 0.25) is 5.02 Å². The first-order valence-corrected chi connectivity index (χ1v) is 8.84. The average molecular weight is 360 g/mol. The second-order valence-corrected chi connectivity index (χ2v) is 6.60. The fraction of sp³-hybridized carbons (Fsp3) is 0.222. The summed E-state index contributed by atoms with van der Waals surface area (Å²) < 4.78 is 0. The van der Waals surface area contributed by atoms with Gasteiger partial charge in [0.2, 0.25) is 5.91 Å². The summed E-state index contributed by atoms with van der Waals surface area (Å²) >= 11 is 7.28. The fourth-order valence-corrected chi connectivity index (χ4v) is 2.91. The molecule has 6 heteroatoms. The quantitative estimate of drug-likeness (QED) is 0.725. The van der Waals surface area contributed by atoms with Crippen LogP contribution in [0.1, 0.15) is 18.5 Å². The molecule has 0 fully saturated rings. The normalized spacial score (nSPS) is 11.5. The molecule has 2 aromatic carbocycles. The first-order chi connectivity index (χ1) is 11.6. The lowest BCUT2D eigenvalue weighted by molar-refractivity contribution is -0.115. The van der Waals surface area contributed by atoms with Crippen molar-refractivity contribution in [2.24, 2.45) is 0 Å². The van der Waals surface area contributed by atoms with Gasteiger partial charge in [0, 0.05) is 16.0 Å². The Kier molecular flexibility index (Phi) is 7.13. The van der Waals surface area contributed by atoms with Gasteiger partial charge >= 0.3 is 0 Å². The van der Waals surface area contributed by atoms with E-state index in [0.717, 1.165) is 16.1 Å². The third-order valence-corrected chi connectivity index (χ3v) is 4.58. The summed E-state index contributed by atoms with van der Waals surface area (Å²) in [6.45, 7) is 2.19. The van der Waals surface area contributed by atoms with Gasteiger partial charge in [0.1, 0.15) is 0 Å². The van der Waals surface area contributed by atoms with Crippen LogP contribution in [0.3, 0.4) is 0 Å². The monoisotopic (exact) mass is 359 g/mol. The topological polar surface area (TPSA) is 64.9 Å². The van der Waals surface area contributed by atoms with Crippen molar-refractivity contribution in [3.05, 3.63) is 59.1 Å². The number of rotatable bonds is 7. The van der Waals surface area contributed by atoms with Crippen molar-refractivity contribution in [3.8, 4) is 6.07 Å². The third-order valence-electron chi connectivity index (χ3n) is 3.39. The Morgan fingerprint density at radius 2 is 1.96 bits per heavy atom. The van der Waals surface area contributed by atoms with E-state index >= 15 is 0 Å². The summed E-state index contributed by atoms with van der Waals surface area (Å²) in [7, 11) is 0. The van der Waals surface area contributed by atoms with E-state index in [4.69, 9.17) is 16.9 Å². The Balaban J connectivity index is 1.89. The molecular weight excluding hydrogens is 342 g/mol. The molecular formula is C18H18ClN3OS. The van der Waals surface area contributed by atoms with Crippen molar-refractivity contribution < 1.29 is 4.79 Å². The van der Waals surface area contributed by atoms with Gasteiger partial charge in [-0.05, 0) is 36.8 Å². The van der Waals surface area contributed by atoms with Gasteiger partial charge < -0.3 is 10.6 Å². The molecule has 0 heterocycles. The largest absolute Gasteiger partial charge is 0.324 e. The van der Waals surface area contributed by atoms with E-state index in [2.05, 4.69) is 16.7 Å². The van der Waals surface area contributed by atoms with Crippen molar-refractivity contribution in [2.45, 2.75) is 17.9 Å². The van der Waals surface area contributed by atoms with Crippen LogP contribution in [0.4, 0.5) is 5.69 Å². The summed E-state index contributed by atoms with van der Waals surface area (Å²) in [5.41, 5.74) is 1.79. The lowest BCUT2D eigenvalue weighted by Gasteiger charge is -2.15. The van der Waals surface area contributed by atoms with Gasteiger partial charge in [-0.15, -0.1) is 11.8 Å². The molecule has 2 aromatic rings. The molecule has 4 nitrogen and oxygen atoms in total. The molecule has 124 valence electrons. The van der Waals surface area contributed by atoms with Gasteiger partial charge in [0.25, 0.3) is 0 Å². The highest BCUT2D eigenvalue weighted by Gasteiger charge is 2.10. The Hall–Kier alpha value is -2.00. The number of anilines is 1. The number of halogens is 1. The van der Waals surface area contributed by atoms with E-state index in [1.807, 2.05) is 55.5 Å². The molecule has 0 aromatic heterocycles. The first-order valence-electron chi connectivity index (χ1n) is 7.47. The second-order valence-electron chi connectivity index (χ2n) is 5.15. The van der Waals surface area contributed by atoms with Crippen molar-refractivity contribution >= 4 is 35.0 Å². The molecule has 0 aliphatic carbocycles. The van der Waals surface area contributed by atoms with Crippen molar-refractivity contribution in [3.63, 3.8) is 0 Å². The molecule has 0 radical (unpaired) electrons. The number of benzene rings is 2. The summed E-state index contributed by atoms with van der Waals surface area (Å²) in [4.78, 5) is 13.0. The highest BCUT2D eigenvalue weighted by Crippen LogP contribution is 2.26. The highest BCUT2D eigenvalue weighted by molar-refractivity contribution is 7.99. The van der Waals surface area contributed by atoms with E-state index in [1.165, 1.54) is 11.8 Å². The molecule has 0 aliphatic heterocycles. The minimum absolute atomic E-state index is 0.0382. The van der Waals surface area contributed by atoms with Crippen molar-refractivity contribution in [1.29, 1.82) is 5.26 Å². The smallest absolute Gasteiger partial charge is 0.238 e. The minimum Gasteiger partial charge on any atom is -0.324 e. The Labute approximate surface area is 151 Å². The van der Waals surface area contributed by atoms with E-state index in [-0.39, 0.29) is 18.5 Å². The van der Waals surface area contributed by atoms with Crippen LogP contribution in [-0.2, 0) is 4.79 Å². The molecule has 0 saturated heterocycles. The average Bonchev–Trinajstić information content (AvgIpc) is 2.59. The third kappa shape index (κ3) is 5.57. The lowest BCUT2D eigenvalue weighted by Crippen LogP contribution is -2.30. The molecule has 1 atom stereocenters. The van der Waals surface area contributed by atoms with Crippen LogP contribution >= 0.6 is 23.4 Å². The van der Waals surface area contributed by atoms with E-state index in [1.54, 1.807) is 0 Å². The predicted octanol–water partition coefficient (Wildman–Crippen LogP) is 4.24. The molecule has 2 N–H and O–H groups in total. The summed E-state index contributed by atoms with van der Waals surface area (Å²) in [5, 5.41) is 15.5. The zero-order valence-electron chi connectivity index (χ0n) is 13.3. The fourth-order valence-electron chi connectivity index (χ4n) is 2.12. The van der Waals surface area contributed by atoms with Crippen LogP contribution in [0.25, 0.3) is 0 Å². The van der Waals surface area contributed by atoms with Gasteiger partial charge in [-0.3, -0.25) is 4.79 Å². The van der Waals surface area contributed by atoms with Gasteiger partial charge in [0.15, 0.2) is 0 Å². The molecule has 0 saturated carbocycles. The van der Waals surface area contributed by atoms with Crippen LogP contribution < -0.4 is 10.6 Å². The maximum atomic E-state index is 12.2. The van der Waals surface area contributed by atoms with Gasteiger partial charge in [0.05, 0.1) is 24.1 Å². The van der Waals surface area contributed by atoms with E-state index in [9.17, 15) is 4.79 Å². The number of amides is 1. The van der Waals surface area contributed by atoms with Crippen LogP contribution in [-0.4, -0.2) is 18.2 Å². The molecule has 0 aliphatic rings. The number of carbonyl (C=O) groups is 1. The predicted molar refractivity (Wildman–Crippen MR) is 99.3 cm³/mol. The number of hydrogen-bond acceptors (Lipinski definition) is 4. The number of carbonyl (C=O) groups excluding carboxylic acids is 1. The van der Waals surface area contributed by atoms with Gasteiger partial charge in [-0.1, -0.05) is 35.9 Å². The van der Waals surface area contributed by atoms with Crippen LogP contribution in [0.5, 0.6) is 0 Å². The number of thioether (sulfide) groups is 1. The maximum absolute atomic E-state index is 12.2. The number of nitriles is 1. The number of nitrogens with zero attached hydrogens (tertiary/aromatic N) is 1. The molecule has 1 amide bonds. The van der Waals surface area contributed by atoms with E-state index in [0.29, 0.717) is 10.8 Å². The zero-order chi connectivity index (χ0) is 17.4. The zero-order valence-corrected chi connectivity index (χ0v) is 14.8. The SMILES string of the molecule is C[C@@H](NCC(=O)Nc1ccccc1SCC#N)c1ccc(Cl)cc1. The Morgan fingerprint density at radius 3 is 2.67 bits per heavy atom. The standard InChI is InChI=1S/C18H18ClN3OS/c1-13(14-6-8-15(19)9-7-14)21-12-18(23)22-16-4-2-3-5-17(16)24-11-10-20/h2-9,13,21H,11-12H2,1H3,(H,22,23)/t13-/m1/s1. The first kappa shape index (κ1) is 18.3. The minimum atomic E-state index is -0.124. The highest BCUT2D eigenvalue weighted by atomic mass is 35.5. The Morgan fingerprint density at radius 1 is 1.25 bits per heavy atom. The Bertz CT molecular complexity index is 728. The number of nitrogens with one attached hydrogen (secondary N) is 2. The van der Waals surface area contributed by atoms with Gasteiger partial charge in [-0.2, -0.15) is 5.26 Å². The number of para-hydroxylation sites is 1. The maximum Gasteiger partial charge on any atom is 0.238 e. The van der Waals surface area contributed by atoms with Crippen molar-refractivity contribution in [2.75, 3.05) is 17.6 Å². The van der Waals surface area contributed by atoms with Crippen LogP contribution in [0, 0.1) is 11.3 Å². The second kappa shape index (κ2) is 9.33. The summed E-state index contributed by atoms with van der Waals surface area (Å²) in [6.07, 6.45) is 0. The molecule has 24 heavy (non-hydrogen) atoms. The van der Waals surface area contributed by atoms with E-state index < -0.39 is 0 Å². The summed E-state index contributed by atoms with van der Waals surface area (Å²) in [6, 6.07) is 17.1.